The molecule has 9 nitrogen and oxygen atoms in total. The second-order valence-electron chi connectivity index (χ2n) is 6.98. The molecule has 2 aromatic carbocycles. The number of nitrogens with one attached hydrogen (secondary N) is 1. The molecule has 0 aromatic heterocycles. The zero-order chi connectivity index (χ0) is 21.8. The van der Waals surface area contributed by atoms with Crippen LogP contribution in [0.1, 0.15) is 19.8 Å². The third-order valence-electron chi connectivity index (χ3n) is 4.73. The number of esters is 1. The van der Waals surface area contributed by atoms with E-state index in [4.69, 9.17) is 14.2 Å². The smallest absolute Gasteiger partial charge is 0.355 e. The predicted molar refractivity (Wildman–Crippen MR) is 112 cm³/mol. The van der Waals surface area contributed by atoms with Gasteiger partial charge in [-0.15, -0.1) is 0 Å². The Morgan fingerprint density at radius 1 is 1.06 bits per heavy atom. The molecule has 0 aliphatic carbocycles. The van der Waals surface area contributed by atoms with Crippen LogP contribution < -0.4 is 19.8 Å². The molecule has 0 spiro atoms. The zero-order valence-corrected chi connectivity index (χ0v) is 16.9. The highest BCUT2D eigenvalue weighted by molar-refractivity contribution is 6.38. The number of ether oxygens (including phenoxy) is 3. The number of benzene rings is 2. The van der Waals surface area contributed by atoms with E-state index >= 15 is 0 Å². The second kappa shape index (κ2) is 8.86. The van der Waals surface area contributed by atoms with E-state index in [1.807, 2.05) is 6.07 Å². The molecule has 4 rings (SSSR count). The molecule has 2 aromatic rings. The first-order valence-corrected chi connectivity index (χ1v) is 9.88. The maximum atomic E-state index is 12.5. The Labute approximate surface area is 178 Å². The van der Waals surface area contributed by atoms with Gasteiger partial charge in [0, 0.05) is 24.6 Å². The first kappa shape index (κ1) is 20.4. The van der Waals surface area contributed by atoms with Gasteiger partial charge in [-0.3, -0.25) is 9.59 Å². The monoisotopic (exact) mass is 423 g/mol. The number of hydrazone groups is 1. The van der Waals surface area contributed by atoms with Crippen LogP contribution in [0.3, 0.4) is 0 Å². The van der Waals surface area contributed by atoms with Crippen molar-refractivity contribution in [1.29, 1.82) is 0 Å². The number of carbonyl (C=O) groups excluding carboxylic acids is 3. The summed E-state index contributed by atoms with van der Waals surface area (Å²) in [5.74, 6) is -0.310. The third kappa shape index (κ3) is 4.66. The summed E-state index contributed by atoms with van der Waals surface area (Å²) in [4.78, 5) is 37.2. The van der Waals surface area contributed by atoms with Gasteiger partial charge >= 0.3 is 5.97 Å². The molecule has 2 heterocycles. The molecule has 31 heavy (non-hydrogen) atoms. The minimum absolute atomic E-state index is 0.0856. The lowest BCUT2D eigenvalue weighted by Gasteiger charge is -2.23. The summed E-state index contributed by atoms with van der Waals surface area (Å²) in [6.45, 7) is 2.38. The number of carbonyl (C=O) groups is 3. The van der Waals surface area contributed by atoms with E-state index in [9.17, 15) is 14.4 Å². The maximum Gasteiger partial charge on any atom is 0.355 e. The van der Waals surface area contributed by atoms with Gasteiger partial charge in [-0.1, -0.05) is 18.2 Å². The summed E-state index contributed by atoms with van der Waals surface area (Å²) in [5, 5.41) is 8.01. The van der Waals surface area contributed by atoms with Gasteiger partial charge in [-0.25, -0.2) is 9.80 Å². The van der Waals surface area contributed by atoms with E-state index in [-0.39, 0.29) is 24.5 Å². The molecule has 0 unspecified atom stereocenters. The normalized spacial score (nSPS) is 16.2. The number of hydrogen-bond acceptors (Lipinski definition) is 7. The summed E-state index contributed by atoms with van der Waals surface area (Å²) in [5.41, 5.74) is 1.14. The van der Waals surface area contributed by atoms with Gasteiger partial charge in [-0.2, -0.15) is 5.10 Å². The van der Waals surface area contributed by atoms with E-state index in [2.05, 4.69) is 10.4 Å². The van der Waals surface area contributed by atoms with E-state index in [1.165, 1.54) is 11.9 Å². The zero-order valence-electron chi connectivity index (χ0n) is 16.9. The van der Waals surface area contributed by atoms with Crippen LogP contribution in [0.25, 0.3) is 0 Å². The molecule has 0 saturated heterocycles. The standard InChI is InChI=1S/C22H21N3O6/c1-14(21(27)23-15-7-9-18-19(13-15)30-12-11-29-18)31-22(28)17-8-10-20(26)25(24-17)16-5-3-2-4-6-16/h2-7,9,13-14H,8,10-12H2,1H3,(H,23,27)/t14-/m1/s1. The quantitative estimate of drug-likeness (QED) is 0.741. The molecule has 0 fully saturated rings. The van der Waals surface area contributed by atoms with Crippen LogP contribution in [0.2, 0.25) is 0 Å². The lowest BCUT2D eigenvalue weighted by Crippen LogP contribution is -2.37. The summed E-state index contributed by atoms with van der Waals surface area (Å²) in [6, 6.07) is 13.8. The van der Waals surface area contributed by atoms with Gasteiger partial charge in [0.15, 0.2) is 17.6 Å². The fourth-order valence-corrected chi connectivity index (χ4v) is 3.12. The number of anilines is 2. The summed E-state index contributed by atoms with van der Waals surface area (Å²) < 4.78 is 16.2. The first-order chi connectivity index (χ1) is 15.0. The Morgan fingerprint density at radius 2 is 1.81 bits per heavy atom. The van der Waals surface area contributed by atoms with Crippen LogP contribution in [0, 0.1) is 0 Å². The molecule has 1 atom stereocenters. The van der Waals surface area contributed by atoms with Crippen molar-refractivity contribution in [3.63, 3.8) is 0 Å². The average Bonchev–Trinajstić information content (AvgIpc) is 2.79. The molecule has 2 amide bonds. The van der Waals surface area contributed by atoms with E-state index in [0.717, 1.165) is 0 Å². The van der Waals surface area contributed by atoms with Crippen molar-refractivity contribution < 1.29 is 28.6 Å². The molecular formula is C22H21N3O6. The Morgan fingerprint density at radius 3 is 2.58 bits per heavy atom. The number of amides is 2. The Bertz CT molecular complexity index is 1040. The van der Waals surface area contributed by atoms with E-state index < -0.39 is 18.0 Å². The van der Waals surface area contributed by atoms with Crippen molar-refractivity contribution in [2.24, 2.45) is 5.10 Å². The molecule has 2 aliphatic rings. The largest absolute Gasteiger partial charge is 0.486 e. The maximum absolute atomic E-state index is 12.5. The predicted octanol–water partition coefficient (Wildman–Crippen LogP) is 2.51. The van der Waals surface area contributed by atoms with Crippen LogP contribution >= 0.6 is 0 Å². The third-order valence-corrected chi connectivity index (χ3v) is 4.73. The van der Waals surface area contributed by atoms with Crippen LogP contribution in [0.5, 0.6) is 11.5 Å². The second-order valence-corrected chi connectivity index (χ2v) is 6.98. The van der Waals surface area contributed by atoms with Gasteiger partial charge < -0.3 is 19.5 Å². The number of rotatable bonds is 5. The van der Waals surface area contributed by atoms with Gasteiger partial charge in [0.1, 0.15) is 18.9 Å². The van der Waals surface area contributed by atoms with Crippen molar-refractivity contribution in [2.75, 3.05) is 23.5 Å². The van der Waals surface area contributed by atoms with E-state index in [0.29, 0.717) is 36.1 Å². The average molecular weight is 423 g/mol. The Hall–Kier alpha value is -3.88. The minimum atomic E-state index is -1.06. The van der Waals surface area contributed by atoms with Crippen molar-refractivity contribution in [2.45, 2.75) is 25.9 Å². The van der Waals surface area contributed by atoms with Gasteiger partial charge in [0.2, 0.25) is 5.91 Å². The van der Waals surface area contributed by atoms with Crippen molar-refractivity contribution in [3.8, 4) is 11.5 Å². The highest BCUT2D eigenvalue weighted by atomic mass is 16.6. The van der Waals surface area contributed by atoms with Gasteiger partial charge in [0.05, 0.1) is 5.69 Å². The number of fused-ring (bicyclic) bond motifs is 1. The lowest BCUT2D eigenvalue weighted by molar-refractivity contribution is -0.146. The summed E-state index contributed by atoms with van der Waals surface area (Å²) in [6.07, 6.45) is -0.788. The summed E-state index contributed by atoms with van der Waals surface area (Å²) >= 11 is 0. The topological polar surface area (TPSA) is 107 Å². The molecule has 1 N–H and O–H groups in total. The molecule has 0 saturated carbocycles. The fourth-order valence-electron chi connectivity index (χ4n) is 3.12. The first-order valence-electron chi connectivity index (χ1n) is 9.88. The molecular weight excluding hydrogens is 402 g/mol. The number of para-hydroxylation sites is 1. The van der Waals surface area contributed by atoms with Gasteiger partial charge in [0.25, 0.3) is 5.91 Å². The van der Waals surface area contributed by atoms with Crippen molar-refractivity contribution in [3.05, 3.63) is 48.5 Å². The highest BCUT2D eigenvalue weighted by Crippen LogP contribution is 2.32. The van der Waals surface area contributed by atoms with Crippen LogP contribution in [0.15, 0.2) is 53.6 Å². The minimum Gasteiger partial charge on any atom is -0.486 e. The SMILES string of the molecule is C[C@@H](OC(=O)C1=NN(c2ccccc2)C(=O)CC1)C(=O)Nc1ccc2c(c1)OCCO2. The molecule has 0 bridgehead atoms. The molecule has 9 heteroatoms. The van der Waals surface area contributed by atoms with Crippen molar-refractivity contribution in [1.82, 2.24) is 0 Å². The van der Waals surface area contributed by atoms with Crippen LogP contribution in [0.4, 0.5) is 11.4 Å². The fraction of sp³-hybridized carbons (Fsp3) is 0.273. The van der Waals surface area contributed by atoms with Crippen LogP contribution in [-0.2, 0) is 19.1 Å². The summed E-state index contributed by atoms with van der Waals surface area (Å²) in [7, 11) is 0. The van der Waals surface area contributed by atoms with Crippen molar-refractivity contribution >= 4 is 34.9 Å². The van der Waals surface area contributed by atoms with E-state index in [1.54, 1.807) is 42.5 Å². The number of hydrogen-bond donors (Lipinski definition) is 1. The number of nitrogens with zero attached hydrogens (tertiary/aromatic N) is 2. The Balaban J connectivity index is 1.39. The van der Waals surface area contributed by atoms with Gasteiger partial charge in [-0.05, 0) is 31.2 Å². The lowest BCUT2D eigenvalue weighted by atomic mass is 10.1. The van der Waals surface area contributed by atoms with Crippen LogP contribution in [-0.4, -0.2) is 42.8 Å². The molecule has 160 valence electrons. The highest BCUT2D eigenvalue weighted by Gasteiger charge is 2.28. The molecule has 0 radical (unpaired) electrons. The Kier molecular flexibility index (Phi) is 5.83. The molecule has 2 aliphatic heterocycles.